The molecule has 2 fully saturated rings. The number of nitrogens with zero attached hydrogens (tertiary/aromatic N) is 1. The number of piperidine rings is 1. The first-order chi connectivity index (χ1) is 12.7. The summed E-state index contributed by atoms with van der Waals surface area (Å²) in [5, 5.41) is 6.76. The van der Waals surface area contributed by atoms with Gasteiger partial charge < -0.3 is 10.6 Å². The smallest absolute Gasteiger partial charge is 0.251 e. The van der Waals surface area contributed by atoms with Crippen LogP contribution in [0.3, 0.4) is 0 Å². The second kappa shape index (κ2) is 8.19. The summed E-state index contributed by atoms with van der Waals surface area (Å²) in [5.74, 6) is 0.528. The van der Waals surface area contributed by atoms with E-state index in [4.69, 9.17) is 11.6 Å². The van der Waals surface area contributed by atoms with Gasteiger partial charge in [0.05, 0.1) is 6.54 Å². The standard InChI is InChI=1S/C21H30ClN3O2/c1-21(2,3)24-19(26)13-25-17-8-9-18(25)11-14(10-17)12-23-20(27)15-4-6-16(22)7-5-15/h4-7,14,17-18H,8-13H2,1-3H3,(H,23,27)(H,24,26). The molecule has 148 valence electrons. The number of fused-ring (bicyclic) bond motifs is 2. The van der Waals surface area contributed by atoms with Crippen LogP contribution >= 0.6 is 11.6 Å². The van der Waals surface area contributed by atoms with E-state index in [0.29, 0.717) is 41.7 Å². The van der Waals surface area contributed by atoms with Crippen molar-refractivity contribution in [3.8, 4) is 0 Å². The van der Waals surface area contributed by atoms with Crippen LogP contribution in [0.1, 0.15) is 56.8 Å². The van der Waals surface area contributed by atoms with Crippen molar-refractivity contribution in [2.75, 3.05) is 13.1 Å². The number of carbonyl (C=O) groups is 2. The first-order valence-corrected chi connectivity index (χ1v) is 10.2. The Labute approximate surface area is 166 Å². The Kier molecular flexibility index (Phi) is 6.11. The van der Waals surface area contributed by atoms with E-state index in [1.54, 1.807) is 24.3 Å². The molecular weight excluding hydrogens is 362 g/mol. The average molecular weight is 392 g/mol. The molecule has 2 amide bonds. The summed E-state index contributed by atoms with van der Waals surface area (Å²) in [5.41, 5.74) is 0.444. The quantitative estimate of drug-likeness (QED) is 0.810. The molecule has 0 saturated carbocycles. The summed E-state index contributed by atoms with van der Waals surface area (Å²) < 4.78 is 0. The molecule has 2 aliphatic heterocycles. The summed E-state index contributed by atoms with van der Waals surface area (Å²) >= 11 is 5.87. The monoisotopic (exact) mass is 391 g/mol. The van der Waals surface area contributed by atoms with Gasteiger partial charge >= 0.3 is 0 Å². The number of hydrogen-bond donors (Lipinski definition) is 2. The fourth-order valence-corrected chi connectivity index (χ4v) is 4.50. The van der Waals surface area contributed by atoms with Gasteiger partial charge in [-0.15, -0.1) is 0 Å². The number of benzene rings is 1. The molecule has 2 bridgehead atoms. The van der Waals surface area contributed by atoms with Crippen LogP contribution in [0.5, 0.6) is 0 Å². The van der Waals surface area contributed by atoms with E-state index in [0.717, 1.165) is 25.7 Å². The predicted molar refractivity (Wildman–Crippen MR) is 108 cm³/mol. The Morgan fingerprint density at radius 3 is 2.26 bits per heavy atom. The number of hydrogen-bond acceptors (Lipinski definition) is 3. The maximum Gasteiger partial charge on any atom is 0.251 e. The first kappa shape index (κ1) is 20.2. The molecule has 2 heterocycles. The van der Waals surface area contributed by atoms with Gasteiger partial charge in [-0.1, -0.05) is 11.6 Å². The van der Waals surface area contributed by atoms with Crippen LogP contribution in [0, 0.1) is 5.92 Å². The summed E-state index contributed by atoms with van der Waals surface area (Å²) in [6.45, 7) is 7.20. The topological polar surface area (TPSA) is 61.4 Å². The molecule has 2 atom stereocenters. The van der Waals surface area contributed by atoms with Gasteiger partial charge in [-0.2, -0.15) is 0 Å². The van der Waals surface area contributed by atoms with Gasteiger partial charge in [-0.05, 0) is 76.6 Å². The predicted octanol–water partition coefficient (Wildman–Crippen LogP) is 3.23. The first-order valence-electron chi connectivity index (χ1n) is 9.82. The van der Waals surface area contributed by atoms with Crippen LogP contribution in [-0.2, 0) is 4.79 Å². The van der Waals surface area contributed by atoms with E-state index < -0.39 is 0 Å². The highest BCUT2D eigenvalue weighted by molar-refractivity contribution is 6.30. The summed E-state index contributed by atoms with van der Waals surface area (Å²) in [7, 11) is 0. The summed E-state index contributed by atoms with van der Waals surface area (Å²) in [4.78, 5) is 27.0. The molecule has 2 aliphatic rings. The minimum Gasteiger partial charge on any atom is -0.352 e. The fraction of sp³-hybridized carbons (Fsp3) is 0.619. The molecule has 2 N–H and O–H groups in total. The molecule has 0 aliphatic carbocycles. The molecule has 1 aromatic carbocycles. The van der Waals surface area contributed by atoms with Crippen molar-refractivity contribution in [1.29, 1.82) is 0 Å². The zero-order valence-corrected chi connectivity index (χ0v) is 17.2. The molecule has 3 rings (SSSR count). The molecule has 27 heavy (non-hydrogen) atoms. The van der Waals surface area contributed by atoms with Gasteiger partial charge in [0.2, 0.25) is 5.91 Å². The Balaban J connectivity index is 1.49. The van der Waals surface area contributed by atoms with E-state index in [1.165, 1.54) is 0 Å². The molecular formula is C21H30ClN3O2. The molecule has 5 nitrogen and oxygen atoms in total. The van der Waals surface area contributed by atoms with Crippen LogP contribution in [0.25, 0.3) is 0 Å². The van der Waals surface area contributed by atoms with E-state index >= 15 is 0 Å². The summed E-state index contributed by atoms with van der Waals surface area (Å²) in [6, 6.07) is 7.87. The van der Waals surface area contributed by atoms with E-state index in [2.05, 4.69) is 15.5 Å². The van der Waals surface area contributed by atoms with Crippen molar-refractivity contribution in [2.24, 2.45) is 5.92 Å². The van der Waals surface area contributed by atoms with Gasteiger partial charge in [0.25, 0.3) is 5.91 Å². The molecule has 6 heteroatoms. The molecule has 1 aromatic rings. The highest BCUT2D eigenvalue weighted by atomic mass is 35.5. The lowest BCUT2D eigenvalue weighted by Gasteiger charge is -2.39. The van der Waals surface area contributed by atoms with Crippen molar-refractivity contribution >= 4 is 23.4 Å². The maximum absolute atomic E-state index is 12.3. The van der Waals surface area contributed by atoms with Crippen molar-refractivity contribution in [2.45, 2.75) is 64.1 Å². The Bertz CT molecular complexity index is 670. The number of nitrogens with one attached hydrogen (secondary N) is 2. The lowest BCUT2D eigenvalue weighted by atomic mass is 9.90. The van der Waals surface area contributed by atoms with E-state index in [-0.39, 0.29) is 17.4 Å². The van der Waals surface area contributed by atoms with E-state index in [1.807, 2.05) is 20.8 Å². The summed E-state index contributed by atoms with van der Waals surface area (Å²) in [6.07, 6.45) is 4.38. The number of amides is 2. The van der Waals surface area contributed by atoms with Crippen molar-refractivity contribution in [3.63, 3.8) is 0 Å². The van der Waals surface area contributed by atoms with Gasteiger partial charge in [-0.25, -0.2) is 0 Å². The highest BCUT2D eigenvalue weighted by Gasteiger charge is 2.41. The Morgan fingerprint density at radius 2 is 1.70 bits per heavy atom. The normalized spacial score (nSPS) is 25.3. The highest BCUT2D eigenvalue weighted by Crippen LogP contribution is 2.38. The second-order valence-electron chi connectivity index (χ2n) is 8.91. The van der Waals surface area contributed by atoms with Gasteiger partial charge in [0.1, 0.15) is 0 Å². The van der Waals surface area contributed by atoms with Gasteiger partial charge in [0.15, 0.2) is 0 Å². The average Bonchev–Trinajstić information content (AvgIpc) is 2.80. The lowest BCUT2D eigenvalue weighted by Crippen LogP contribution is -2.52. The number of carbonyl (C=O) groups excluding carboxylic acids is 2. The van der Waals surface area contributed by atoms with E-state index in [9.17, 15) is 9.59 Å². The lowest BCUT2D eigenvalue weighted by molar-refractivity contribution is -0.125. The van der Waals surface area contributed by atoms with Crippen LogP contribution in [0.2, 0.25) is 5.02 Å². The van der Waals surface area contributed by atoms with Gasteiger partial charge in [0, 0.05) is 34.8 Å². The number of rotatable bonds is 5. The third-order valence-electron chi connectivity index (χ3n) is 5.48. The Morgan fingerprint density at radius 1 is 1.11 bits per heavy atom. The van der Waals surface area contributed by atoms with Crippen LogP contribution in [-0.4, -0.2) is 47.4 Å². The third-order valence-corrected chi connectivity index (χ3v) is 5.73. The Hall–Kier alpha value is -1.59. The largest absolute Gasteiger partial charge is 0.352 e. The fourth-order valence-electron chi connectivity index (χ4n) is 4.38. The molecule has 2 unspecified atom stereocenters. The van der Waals surface area contributed by atoms with Crippen LogP contribution < -0.4 is 10.6 Å². The second-order valence-corrected chi connectivity index (χ2v) is 9.35. The zero-order chi connectivity index (χ0) is 19.6. The van der Waals surface area contributed by atoms with Crippen molar-refractivity contribution in [3.05, 3.63) is 34.9 Å². The third kappa shape index (κ3) is 5.45. The van der Waals surface area contributed by atoms with Crippen molar-refractivity contribution in [1.82, 2.24) is 15.5 Å². The molecule has 0 spiro atoms. The minimum atomic E-state index is -0.194. The minimum absolute atomic E-state index is 0.0500. The molecule has 0 radical (unpaired) electrons. The van der Waals surface area contributed by atoms with Crippen molar-refractivity contribution < 1.29 is 9.59 Å². The van der Waals surface area contributed by atoms with Gasteiger partial charge in [-0.3, -0.25) is 14.5 Å². The van der Waals surface area contributed by atoms with Crippen LogP contribution in [0.15, 0.2) is 24.3 Å². The molecule has 2 saturated heterocycles. The maximum atomic E-state index is 12.3. The van der Waals surface area contributed by atoms with Crippen LogP contribution in [0.4, 0.5) is 0 Å². The molecule has 0 aromatic heterocycles. The zero-order valence-electron chi connectivity index (χ0n) is 16.4. The number of halogens is 1. The SMILES string of the molecule is CC(C)(C)NC(=O)CN1C2CCC1CC(CNC(=O)c1ccc(Cl)cc1)C2.